The predicted molar refractivity (Wildman–Crippen MR) is 279 cm³/mol. The van der Waals surface area contributed by atoms with Gasteiger partial charge in [-0.1, -0.05) is 0 Å². The van der Waals surface area contributed by atoms with Gasteiger partial charge in [0.1, 0.15) is 134 Å². The van der Waals surface area contributed by atoms with Gasteiger partial charge in [0.25, 0.3) is 0 Å². The molecule has 19 N–H and O–H groups in total. The highest BCUT2D eigenvalue weighted by Gasteiger charge is 2.58. The van der Waals surface area contributed by atoms with Crippen LogP contribution < -0.4 is 37.2 Å². The molecule has 13 unspecified atom stereocenters. The van der Waals surface area contributed by atoms with Gasteiger partial charge in [-0.05, 0) is 6.92 Å². The molecule has 0 aliphatic carbocycles. The summed E-state index contributed by atoms with van der Waals surface area (Å²) in [7, 11) is 0. The first-order valence-electron chi connectivity index (χ1n) is 27.9. The summed E-state index contributed by atoms with van der Waals surface area (Å²) in [4.78, 5) is 88.5. The molecule has 0 bridgehead atoms. The van der Waals surface area contributed by atoms with Crippen molar-refractivity contribution in [2.75, 3.05) is 33.0 Å². The lowest BCUT2D eigenvalue weighted by molar-refractivity contribution is -0.367. The molecule has 498 valence electrons. The van der Waals surface area contributed by atoms with Crippen molar-refractivity contribution in [3.63, 3.8) is 0 Å². The van der Waals surface area contributed by atoms with E-state index in [1.165, 1.54) is 13.8 Å². The lowest BCUT2D eigenvalue weighted by Crippen LogP contribution is -2.73. The topological polar surface area (TPSA) is 548 Å². The highest BCUT2D eigenvalue weighted by atomic mass is 16.8. The molecule has 30 atom stereocenters. The number of carbonyl (C=O) groups is 7. The van der Waals surface area contributed by atoms with Crippen LogP contribution >= 0.6 is 0 Å². The molecule has 6 saturated heterocycles. The largest absolute Gasteiger partial charge is 0.394 e. The SMILES string of the molecule is CC(=O)NC1[C@@H](OCC2O[C@H](O[C@H]3C(CO)O[C@H](O[C@H]4C(CO)O[C@H](O[C@H]5C(NC(C)=O)C(O)OC(C)[C@H]5NC(C)=O)C(NC(C)=O)[C@H]4O)C(NC(C)=O)[C@H]3O)C(NC(C)=O)[C@@H](O[C@@H]3OC(CO)[C@@H](O)C(O)[C@@H]3NC(C)=O)[C@@H]2O)OC(CO)[C@@H](O)[C@@H]1O. The Kier molecular flexibility index (Phi) is 25.8. The van der Waals surface area contributed by atoms with E-state index in [2.05, 4.69) is 37.2 Å². The van der Waals surface area contributed by atoms with Crippen molar-refractivity contribution in [2.45, 2.75) is 239 Å². The summed E-state index contributed by atoms with van der Waals surface area (Å²) in [6, 6.07) is -11.1. The highest BCUT2D eigenvalue weighted by molar-refractivity contribution is 5.76. The van der Waals surface area contributed by atoms with Crippen LogP contribution in [0.15, 0.2) is 0 Å². The molecule has 6 rings (SSSR count). The van der Waals surface area contributed by atoms with Gasteiger partial charge in [0.05, 0.1) is 45.2 Å². The van der Waals surface area contributed by atoms with Gasteiger partial charge in [-0.25, -0.2) is 0 Å². The molecule has 0 saturated carbocycles. The molecule has 6 fully saturated rings. The summed E-state index contributed by atoms with van der Waals surface area (Å²) in [6.07, 6.45) is -41.4. The minimum absolute atomic E-state index is 0.593. The molecule has 6 aliphatic rings. The number of hydrogen-bond donors (Lipinski definition) is 19. The van der Waals surface area contributed by atoms with E-state index in [0.29, 0.717) is 0 Å². The van der Waals surface area contributed by atoms with Crippen molar-refractivity contribution in [3.05, 3.63) is 0 Å². The van der Waals surface area contributed by atoms with Gasteiger partial charge in [0, 0.05) is 48.5 Å². The van der Waals surface area contributed by atoms with Crippen LogP contribution in [0.3, 0.4) is 0 Å². The van der Waals surface area contributed by atoms with Gasteiger partial charge in [-0.15, -0.1) is 0 Å². The fourth-order valence-corrected chi connectivity index (χ4v) is 11.2. The standard InChI is InChI=1S/C50H83N7O30/c1-14-27(51-15(2)62)43(32(45(76)78-14)56-20(7)67)86-49-31(55-19(6)66)40(75)41(24(11-60)82-49)84-48-30(54-18(5)65)39(74)42(25(12-61)81-48)85-50-33(57-21(8)68)44(87-47-29(53-17(4)64)38(73)35(70)23(10-59)80-47)36(71)26(83-50)13-77-46-28(52-16(3)63)37(72)34(69)22(9-58)79-46/h14,22-50,58-61,69-76H,9-13H2,1-8H3,(H,51,62)(H,52,63)(H,53,64)(H,54,65)(H,55,66)(H,56,67)(H,57,68)/t14?,22?,23?,24?,25?,26?,27-,28?,29+,30?,31?,32?,33?,34-,35-,36-,37-,38?,39-,40-,41+,42+,43-,44-,45?,46+,47+,48-,49-,50-/m1/s1. The Balaban J connectivity index is 1.35. The number of aliphatic hydroxyl groups is 12. The van der Waals surface area contributed by atoms with Crippen LogP contribution in [0.25, 0.3) is 0 Å². The molecule has 87 heavy (non-hydrogen) atoms. The van der Waals surface area contributed by atoms with Gasteiger partial charge in [-0.3, -0.25) is 33.6 Å². The molecule has 7 amide bonds. The van der Waals surface area contributed by atoms with Crippen LogP contribution in [0.4, 0.5) is 0 Å². The summed E-state index contributed by atoms with van der Waals surface area (Å²) in [5, 5.41) is 151. The number of carbonyl (C=O) groups excluding carboxylic acids is 7. The zero-order valence-electron chi connectivity index (χ0n) is 48.6. The van der Waals surface area contributed by atoms with E-state index in [1.54, 1.807) is 0 Å². The van der Waals surface area contributed by atoms with Gasteiger partial charge >= 0.3 is 0 Å². The van der Waals surface area contributed by atoms with E-state index in [9.17, 15) is 94.8 Å². The maximum atomic E-state index is 13.2. The van der Waals surface area contributed by atoms with Crippen LogP contribution in [0.2, 0.25) is 0 Å². The normalized spacial score (nSPS) is 43.2. The van der Waals surface area contributed by atoms with Crippen molar-refractivity contribution in [1.82, 2.24) is 37.2 Å². The smallest absolute Gasteiger partial charge is 0.217 e. The summed E-state index contributed by atoms with van der Waals surface area (Å²) in [5.74, 6) is -5.33. The maximum Gasteiger partial charge on any atom is 0.217 e. The third-order valence-electron chi connectivity index (χ3n) is 15.2. The number of aliphatic hydroxyl groups excluding tert-OH is 12. The van der Waals surface area contributed by atoms with Crippen molar-refractivity contribution in [2.24, 2.45) is 0 Å². The summed E-state index contributed by atoms with van der Waals surface area (Å²) < 4.78 is 66.7. The second kappa shape index (κ2) is 31.4. The fourth-order valence-electron chi connectivity index (χ4n) is 11.2. The van der Waals surface area contributed by atoms with E-state index in [0.717, 1.165) is 41.5 Å². The number of nitrogens with one attached hydrogen (secondary N) is 7. The van der Waals surface area contributed by atoms with Crippen molar-refractivity contribution >= 4 is 41.4 Å². The zero-order chi connectivity index (χ0) is 64.6. The maximum absolute atomic E-state index is 13.2. The van der Waals surface area contributed by atoms with Crippen molar-refractivity contribution < 1.29 is 147 Å². The van der Waals surface area contributed by atoms with Crippen molar-refractivity contribution in [3.8, 4) is 0 Å². The summed E-state index contributed by atoms with van der Waals surface area (Å²) in [6.45, 7) is 4.16. The number of ether oxygens (including phenoxy) is 11. The van der Waals surface area contributed by atoms with Gasteiger partial charge < -0.3 is 151 Å². The van der Waals surface area contributed by atoms with Crippen LogP contribution in [0.1, 0.15) is 55.4 Å². The number of hydrogen-bond acceptors (Lipinski definition) is 30. The lowest BCUT2D eigenvalue weighted by atomic mass is 9.92. The Bertz CT molecular complexity index is 2310. The average Bonchev–Trinajstić information content (AvgIpc) is 0.888. The van der Waals surface area contributed by atoms with E-state index in [1.807, 2.05) is 0 Å². The molecule has 37 nitrogen and oxygen atoms in total. The second-order valence-corrected chi connectivity index (χ2v) is 21.9. The first kappa shape index (κ1) is 71.4. The quantitative estimate of drug-likeness (QED) is 0.0479. The minimum atomic E-state index is -2.13. The first-order chi connectivity index (χ1) is 40.9. The molecule has 6 aliphatic heterocycles. The number of amides is 7. The van der Waals surface area contributed by atoms with E-state index in [-0.39, 0.29) is 0 Å². The fraction of sp³-hybridized carbons (Fsp3) is 0.860. The molecule has 0 aromatic carbocycles. The van der Waals surface area contributed by atoms with Gasteiger partial charge in [0.15, 0.2) is 37.7 Å². The Hall–Kier alpha value is -4.63. The molecular weight excluding hydrogens is 1180 g/mol. The van der Waals surface area contributed by atoms with Crippen LogP contribution in [0.5, 0.6) is 0 Å². The second-order valence-electron chi connectivity index (χ2n) is 21.9. The Labute approximate surface area is 496 Å². The average molecular weight is 1260 g/mol. The Morgan fingerprint density at radius 3 is 1.02 bits per heavy atom. The predicted octanol–water partition coefficient (Wildman–Crippen LogP) is -12.1. The monoisotopic (exact) mass is 1260 g/mol. The minimum Gasteiger partial charge on any atom is -0.394 e. The molecule has 0 aromatic heterocycles. The summed E-state index contributed by atoms with van der Waals surface area (Å²) in [5.41, 5.74) is 0. The lowest BCUT2D eigenvalue weighted by Gasteiger charge is -2.52. The van der Waals surface area contributed by atoms with E-state index >= 15 is 0 Å². The molecule has 0 aromatic rings. The first-order valence-corrected chi connectivity index (χ1v) is 27.9. The van der Waals surface area contributed by atoms with E-state index < -0.39 is 258 Å². The Morgan fingerprint density at radius 1 is 0.322 bits per heavy atom. The number of rotatable bonds is 22. The van der Waals surface area contributed by atoms with Crippen LogP contribution in [0, 0.1) is 0 Å². The molecule has 37 heteroatoms. The highest BCUT2D eigenvalue weighted by Crippen LogP contribution is 2.37. The third-order valence-corrected chi connectivity index (χ3v) is 15.2. The molecule has 0 radical (unpaired) electrons. The van der Waals surface area contributed by atoms with Crippen LogP contribution in [-0.4, -0.2) is 319 Å². The zero-order valence-corrected chi connectivity index (χ0v) is 48.6. The van der Waals surface area contributed by atoms with Crippen LogP contribution in [-0.2, 0) is 85.7 Å². The summed E-state index contributed by atoms with van der Waals surface area (Å²) >= 11 is 0. The molecule has 6 heterocycles. The van der Waals surface area contributed by atoms with Gasteiger partial charge in [0.2, 0.25) is 41.4 Å². The van der Waals surface area contributed by atoms with Crippen molar-refractivity contribution in [1.29, 1.82) is 0 Å². The Morgan fingerprint density at radius 2 is 0.621 bits per heavy atom. The van der Waals surface area contributed by atoms with Gasteiger partial charge in [-0.2, -0.15) is 0 Å². The molecule has 0 spiro atoms. The van der Waals surface area contributed by atoms with E-state index in [4.69, 9.17) is 52.1 Å². The third kappa shape index (κ3) is 17.3. The molecular formula is C50H83N7O30.